The van der Waals surface area contributed by atoms with Gasteiger partial charge >= 0.3 is 5.91 Å². The predicted octanol–water partition coefficient (Wildman–Crippen LogP) is -0.893. The monoisotopic (exact) mass is 265 g/mol. The van der Waals surface area contributed by atoms with E-state index in [0.29, 0.717) is 0 Å². The van der Waals surface area contributed by atoms with Crippen molar-refractivity contribution in [2.75, 3.05) is 19.6 Å². The standard InChI is InChI=1S/C14H22N3O2/c18-13(11-5-3-7-15-11)17-10-4-6-12(17)14(19)16-8-1-2-9-16/h8,11-12,15H,1-7,9-10H2/q+1/p+1. The molecule has 3 aliphatic rings. The van der Waals surface area contributed by atoms with Crippen LogP contribution in [0.25, 0.3) is 0 Å². The van der Waals surface area contributed by atoms with E-state index < -0.39 is 0 Å². The van der Waals surface area contributed by atoms with Crippen molar-refractivity contribution in [1.29, 1.82) is 0 Å². The van der Waals surface area contributed by atoms with Crippen molar-refractivity contribution in [2.24, 2.45) is 0 Å². The van der Waals surface area contributed by atoms with E-state index in [2.05, 4.69) is 5.32 Å². The van der Waals surface area contributed by atoms with Gasteiger partial charge in [-0.1, -0.05) is 0 Å². The SMILES string of the molecule is O=C(C1CCC[NH2+]1)N1CCCC1C(=O)[N+]1=CCCC1. The van der Waals surface area contributed by atoms with E-state index in [-0.39, 0.29) is 23.9 Å². The van der Waals surface area contributed by atoms with Crippen LogP contribution in [0.15, 0.2) is 0 Å². The normalized spacial score (nSPS) is 30.7. The maximum atomic E-state index is 12.5. The third-order valence-electron chi connectivity index (χ3n) is 4.54. The molecule has 2 unspecified atom stereocenters. The van der Waals surface area contributed by atoms with Gasteiger partial charge in [-0.3, -0.25) is 4.79 Å². The van der Waals surface area contributed by atoms with Gasteiger partial charge in [-0.2, -0.15) is 4.58 Å². The quantitative estimate of drug-likeness (QED) is 0.658. The molecular formula is C14H23N3O2+2. The molecule has 19 heavy (non-hydrogen) atoms. The van der Waals surface area contributed by atoms with Crippen LogP contribution in [0, 0.1) is 0 Å². The molecule has 3 heterocycles. The molecule has 0 radical (unpaired) electrons. The van der Waals surface area contributed by atoms with Gasteiger partial charge in [0, 0.05) is 32.2 Å². The number of carbonyl (C=O) groups excluding carboxylic acids is 2. The molecular weight excluding hydrogens is 242 g/mol. The Bertz CT molecular complexity index is 413. The van der Waals surface area contributed by atoms with Crippen LogP contribution in [0.5, 0.6) is 0 Å². The Balaban J connectivity index is 1.70. The largest absolute Gasteiger partial charge is 0.409 e. The fourth-order valence-corrected chi connectivity index (χ4v) is 3.49. The molecule has 0 spiro atoms. The van der Waals surface area contributed by atoms with Crippen LogP contribution in [-0.4, -0.2) is 59.2 Å². The highest BCUT2D eigenvalue weighted by Gasteiger charge is 2.43. The van der Waals surface area contributed by atoms with Gasteiger partial charge in [0.15, 0.2) is 18.6 Å². The van der Waals surface area contributed by atoms with Crippen molar-refractivity contribution in [2.45, 2.75) is 50.6 Å². The summed E-state index contributed by atoms with van der Waals surface area (Å²) < 4.78 is 1.83. The van der Waals surface area contributed by atoms with Crippen LogP contribution in [0.1, 0.15) is 38.5 Å². The highest BCUT2D eigenvalue weighted by Crippen LogP contribution is 2.21. The number of hydrogen-bond acceptors (Lipinski definition) is 2. The minimum atomic E-state index is -0.198. The zero-order valence-electron chi connectivity index (χ0n) is 11.4. The summed E-state index contributed by atoms with van der Waals surface area (Å²) in [7, 11) is 0. The topological polar surface area (TPSA) is 57.0 Å². The molecule has 2 fully saturated rings. The maximum Gasteiger partial charge on any atom is 0.409 e. The summed E-state index contributed by atoms with van der Waals surface area (Å²) in [5, 5.41) is 2.13. The lowest BCUT2D eigenvalue weighted by Crippen LogP contribution is -2.89. The van der Waals surface area contributed by atoms with Gasteiger partial charge in [0.05, 0.1) is 6.54 Å². The van der Waals surface area contributed by atoms with Crippen LogP contribution >= 0.6 is 0 Å². The van der Waals surface area contributed by atoms with Gasteiger partial charge in [0.2, 0.25) is 0 Å². The van der Waals surface area contributed by atoms with Crippen molar-refractivity contribution in [3.63, 3.8) is 0 Å². The molecule has 0 saturated carbocycles. The highest BCUT2D eigenvalue weighted by atomic mass is 16.2. The Morgan fingerprint density at radius 2 is 2.11 bits per heavy atom. The highest BCUT2D eigenvalue weighted by molar-refractivity contribution is 5.87. The zero-order chi connectivity index (χ0) is 13.2. The van der Waals surface area contributed by atoms with Crippen LogP contribution in [0.4, 0.5) is 0 Å². The molecule has 3 rings (SSSR count). The molecule has 5 nitrogen and oxygen atoms in total. The number of nitrogens with zero attached hydrogens (tertiary/aromatic N) is 2. The Labute approximate surface area is 113 Å². The summed E-state index contributed by atoms with van der Waals surface area (Å²) in [6.45, 7) is 2.63. The average Bonchev–Trinajstić information content (AvgIpc) is 3.16. The van der Waals surface area contributed by atoms with Gasteiger partial charge in [-0.05, 0) is 12.8 Å². The van der Waals surface area contributed by atoms with Crippen LogP contribution in [-0.2, 0) is 9.59 Å². The summed E-state index contributed by atoms with van der Waals surface area (Å²) in [5.74, 6) is 0.328. The first-order valence-electron chi connectivity index (χ1n) is 7.55. The number of amides is 2. The average molecular weight is 265 g/mol. The lowest BCUT2D eigenvalue weighted by atomic mass is 10.1. The van der Waals surface area contributed by atoms with E-state index in [1.54, 1.807) is 0 Å². The van der Waals surface area contributed by atoms with Gasteiger partial charge in [0.25, 0.3) is 5.91 Å². The summed E-state index contributed by atoms with van der Waals surface area (Å²) in [4.78, 5) is 26.8. The molecule has 5 heteroatoms. The minimum absolute atomic E-state index is 0.0657. The lowest BCUT2D eigenvalue weighted by molar-refractivity contribution is -0.658. The molecule has 0 aromatic heterocycles. The van der Waals surface area contributed by atoms with Gasteiger partial charge < -0.3 is 10.2 Å². The number of carbonyl (C=O) groups is 2. The van der Waals surface area contributed by atoms with Crippen molar-refractivity contribution >= 4 is 18.0 Å². The van der Waals surface area contributed by atoms with Gasteiger partial charge in [0.1, 0.15) is 6.21 Å². The maximum absolute atomic E-state index is 12.5. The van der Waals surface area contributed by atoms with E-state index in [9.17, 15) is 9.59 Å². The molecule has 2 amide bonds. The number of hydrogen-bond donors (Lipinski definition) is 1. The molecule has 3 aliphatic heterocycles. The first-order chi connectivity index (χ1) is 9.27. The van der Waals surface area contributed by atoms with Crippen molar-refractivity contribution in [3.05, 3.63) is 0 Å². The Morgan fingerprint density at radius 3 is 2.79 bits per heavy atom. The molecule has 0 aromatic rings. The summed E-state index contributed by atoms with van der Waals surface area (Å²) in [6, 6.07) is -0.133. The van der Waals surface area contributed by atoms with Crippen molar-refractivity contribution in [1.82, 2.24) is 4.90 Å². The van der Waals surface area contributed by atoms with E-state index >= 15 is 0 Å². The van der Waals surface area contributed by atoms with Gasteiger partial charge in [-0.15, -0.1) is 0 Å². The molecule has 2 N–H and O–H groups in total. The number of rotatable bonds is 2. The smallest absolute Gasteiger partial charge is 0.336 e. The molecule has 0 bridgehead atoms. The first-order valence-corrected chi connectivity index (χ1v) is 7.55. The third kappa shape index (κ3) is 2.43. The minimum Gasteiger partial charge on any atom is -0.336 e. The second-order valence-electron chi connectivity index (χ2n) is 5.82. The van der Waals surface area contributed by atoms with Crippen LogP contribution in [0.3, 0.4) is 0 Å². The Kier molecular flexibility index (Phi) is 3.64. The molecule has 2 saturated heterocycles. The second-order valence-corrected chi connectivity index (χ2v) is 5.82. The lowest BCUT2D eigenvalue weighted by Gasteiger charge is -2.22. The van der Waals surface area contributed by atoms with Crippen molar-refractivity contribution in [3.8, 4) is 0 Å². The zero-order valence-corrected chi connectivity index (χ0v) is 11.4. The van der Waals surface area contributed by atoms with E-state index in [1.807, 2.05) is 15.7 Å². The fourth-order valence-electron chi connectivity index (χ4n) is 3.49. The van der Waals surface area contributed by atoms with Crippen LogP contribution in [0.2, 0.25) is 0 Å². The summed E-state index contributed by atoms with van der Waals surface area (Å²) in [6.07, 6.45) is 7.91. The first kappa shape index (κ1) is 12.8. The second kappa shape index (κ2) is 5.41. The Hall–Kier alpha value is -1.23. The molecule has 0 aliphatic carbocycles. The predicted molar refractivity (Wildman–Crippen MR) is 70.0 cm³/mol. The number of quaternary nitrogens is 1. The van der Waals surface area contributed by atoms with Crippen molar-refractivity contribution < 1.29 is 19.5 Å². The third-order valence-corrected chi connectivity index (χ3v) is 4.54. The summed E-state index contributed by atoms with van der Waals surface area (Å²) in [5.41, 5.74) is 0. The van der Waals surface area contributed by atoms with E-state index in [4.69, 9.17) is 0 Å². The van der Waals surface area contributed by atoms with Gasteiger partial charge in [-0.25, -0.2) is 4.79 Å². The van der Waals surface area contributed by atoms with Crippen LogP contribution < -0.4 is 5.32 Å². The molecule has 0 aromatic carbocycles. The summed E-state index contributed by atoms with van der Waals surface area (Å²) >= 11 is 0. The van der Waals surface area contributed by atoms with E-state index in [1.165, 1.54) is 0 Å². The van der Waals surface area contributed by atoms with E-state index in [0.717, 1.165) is 58.2 Å². The number of nitrogens with two attached hydrogens (primary N) is 1. The Morgan fingerprint density at radius 1 is 1.21 bits per heavy atom. The fraction of sp³-hybridized carbons (Fsp3) is 0.786. The molecule has 2 atom stereocenters. The number of likely N-dealkylation sites (tertiary alicyclic amines) is 1. The molecule has 104 valence electrons.